The summed E-state index contributed by atoms with van der Waals surface area (Å²) in [5, 5.41) is 2.90. The van der Waals surface area contributed by atoms with E-state index in [0.717, 1.165) is 24.1 Å². The number of likely N-dealkylation sites (tertiary alicyclic amines) is 1. The van der Waals surface area contributed by atoms with E-state index in [1.165, 1.54) is 19.1 Å². The van der Waals surface area contributed by atoms with E-state index >= 15 is 0 Å². The normalized spacial score (nSPS) is 14.9. The molecule has 136 valence electrons. The number of halogens is 1. The van der Waals surface area contributed by atoms with Gasteiger partial charge in [-0.05, 0) is 42.7 Å². The molecular weight excluding hydrogens is 333 g/mol. The largest absolute Gasteiger partial charge is 0.353 e. The van der Waals surface area contributed by atoms with Crippen LogP contribution in [0.5, 0.6) is 0 Å². The van der Waals surface area contributed by atoms with Crippen molar-refractivity contribution in [2.75, 3.05) is 13.1 Å². The summed E-state index contributed by atoms with van der Waals surface area (Å²) in [7, 11) is 0. The fraction of sp³-hybridized carbons (Fsp3) is 0.350. The van der Waals surface area contributed by atoms with Gasteiger partial charge in [0.2, 0.25) is 5.91 Å². The van der Waals surface area contributed by atoms with Crippen molar-refractivity contribution >= 4 is 11.8 Å². The lowest BCUT2D eigenvalue weighted by Crippen LogP contribution is -2.46. The number of hydrogen-bond donors (Lipinski definition) is 1. The predicted octanol–water partition coefficient (Wildman–Crippen LogP) is 2.55. The van der Waals surface area contributed by atoms with Crippen molar-refractivity contribution in [2.24, 2.45) is 0 Å². The highest BCUT2D eigenvalue weighted by molar-refractivity contribution is 5.94. The lowest BCUT2D eigenvalue weighted by atomic mass is 10.0. The summed E-state index contributed by atoms with van der Waals surface area (Å²) in [5.74, 6) is -0.350. The predicted molar refractivity (Wildman–Crippen MR) is 96.2 cm³/mol. The minimum absolute atomic E-state index is 0.0332. The Hall–Kier alpha value is -2.76. The number of hydrogen-bond acceptors (Lipinski definition) is 3. The molecular formula is C20H22FN3O2. The minimum atomic E-state index is -0.281. The van der Waals surface area contributed by atoms with Gasteiger partial charge >= 0.3 is 0 Å². The second-order valence-electron chi connectivity index (χ2n) is 6.61. The molecule has 1 N–H and O–H groups in total. The van der Waals surface area contributed by atoms with Crippen LogP contribution in [0.1, 0.15) is 41.4 Å². The Morgan fingerprint density at radius 2 is 2.00 bits per heavy atom. The maximum absolute atomic E-state index is 13.3. The molecule has 1 fully saturated rings. The highest BCUT2D eigenvalue weighted by Crippen LogP contribution is 2.16. The molecule has 3 rings (SSSR count). The zero-order chi connectivity index (χ0) is 18.5. The molecule has 0 radical (unpaired) electrons. The Morgan fingerprint density at radius 1 is 1.23 bits per heavy atom. The van der Waals surface area contributed by atoms with Crippen LogP contribution in [0.2, 0.25) is 0 Å². The second-order valence-corrected chi connectivity index (χ2v) is 6.61. The fourth-order valence-corrected chi connectivity index (χ4v) is 3.26. The quantitative estimate of drug-likeness (QED) is 0.917. The Labute approximate surface area is 152 Å². The monoisotopic (exact) mass is 355 g/mol. The average molecular weight is 355 g/mol. The van der Waals surface area contributed by atoms with Crippen LogP contribution in [0.4, 0.5) is 4.39 Å². The molecule has 0 atom stereocenters. The molecule has 1 aliphatic rings. The van der Waals surface area contributed by atoms with Crippen LogP contribution in [0.3, 0.4) is 0 Å². The molecule has 0 bridgehead atoms. The van der Waals surface area contributed by atoms with Crippen LogP contribution in [-0.2, 0) is 11.2 Å². The van der Waals surface area contributed by atoms with Crippen molar-refractivity contribution in [3.8, 4) is 0 Å². The van der Waals surface area contributed by atoms with Gasteiger partial charge in [0.25, 0.3) is 5.91 Å². The molecule has 0 spiro atoms. The molecule has 26 heavy (non-hydrogen) atoms. The topological polar surface area (TPSA) is 62.3 Å². The van der Waals surface area contributed by atoms with Crippen molar-refractivity contribution in [2.45, 2.75) is 32.2 Å². The highest BCUT2D eigenvalue weighted by Gasteiger charge is 2.24. The van der Waals surface area contributed by atoms with Gasteiger partial charge in [0, 0.05) is 49.9 Å². The summed E-state index contributed by atoms with van der Waals surface area (Å²) >= 11 is 0. The Morgan fingerprint density at radius 3 is 2.69 bits per heavy atom. The van der Waals surface area contributed by atoms with E-state index in [9.17, 15) is 14.0 Å². The number of amides is 2. The smallest absolute Gasteiger partial charge is 0.253 e. The number of carbonyl (C=O) groups excluding carboxylic acids is 2. The SMILES string of the molecule is CC(=O)NC1CCN(C(=O)c2ccnc(Cc3cccc(F)c3)c2)CC1. The molecule has 0 unspecified atom stereocenters. The van der Waals surface area contributed by atoms with E-state index in [0.29, 0.717) is 25.1 Å². The number of piperidine rings is 1. The lowest BCUT2D eigenvalue weighted by molar-refractivity contribution is -0.119. The third kappa shape index (κ3) is 4.65. The minimum Gasteiger partial charge on any atom is -0.353 e. The number of pyridine rings is 1. The van der Waals surface area contributed by atoms with Gasteiger partial charge in [0.05, 0.1) is 0 Å². The first-order valence-corrected chi connectivity index (χ1v) is 8.77. The van der Waals surface area contributed by atoms with Crippen molar-refractivity contribution in [3.05, 3.63) is 65.2 Å². The van der Waals surface area contributed by atoms with Gasteiger partial charge in [0.15, 0.2) is 0 Å². The van der Waals surface area contributed by atoms with E-state index in [2.05, 4.69) is 10.3 Å². The van der Waals surface area contributed by atoms with Crippen molar-refractivity contribution in [1.82, 2.24) is 15.2 Å². The van der Waals surface area contributed by atoms with Gasteiger partial charge in [-0.3, -0.25) is 14.6 Å². The number of carbonyl (C=O) groups is 2. The standard InChI is InChI=1S/C20H22FN3O2/c1-14(25)23-18-6-9-24(10-7-18)20(26)16-5-8-22-19(13-16)12-15-3-2-4-17(21)11-15/h2-5,8,11,13,18H,6-7,9-10,12H2,1H3,(H,23,25). The first-order chi connectivity index (χ1) is 12.5. The van der Waals surface area contributed by atoms with E-state index in [1.807, 2.05) is 6.07 Å². The van der Waals surface area contributed by atoms with Gasteiger partial charge < -0.3 is 10.2 Å². The van der Waals surface area contributed by atoms with E-state index in [4.69, 9.17) is 0 Å². The summed E-state index contributed by atoms with van der Waals surface area (Å²) < 4.78 is 13.3. The maximum Gasteiger partial charge on any atom is 0.253 e. The summed E-state index contributed by atoms with van der Waals surface area (Å²) in [6, 6.07) is 10.00. The number of rotatable bonds is 4. The first kappa shape index (κ1) is 18.0. The third-order valence-corrected chi connectivity index (χ3v) is 4.53. The van der Waals surface area contributed by atoms with Gasteiger partial charge in [-0.1, -0.05) is 12.1 Å². The van der Waals surface area contributed by atoms with Crippen LogP contribution < -0.4 is 5.32 Å². The van der Waals surface area contributed by atoms with Crippen LogP contribution in [-0.4, -0.2) is 40.8 Å². The molecule has 5 nitrogen and oxygen atoms in total. The Balaban J connectivity index is 1.64. The van der Waals surface area contributed by atoms with Gasteiger partial charge in [-0.15, -0.1) is 0 Å². The molecule has 2 heterocycles. The number of nitrogens with one attached hydrogen (secondary N) is 1. The van der Waals surface area contributed by atoms with E-state index in [-0.39, 0.29) is 23.7 Å². The summed E-state index contributed by atoms with van der Waals surface area (Å²) in [4.78, 5) is 30.0. The van der Waals surface area contributed by atoms with Crippen molar-refractivity contribution in [3.63, 3.8) is 0 Å². The second kappa shape index (κ2) is 8.08. The Bertz CT molecular complexity index is 801. The molecule has 1 aromatic heterocycles. The van der Waals surface area contributed by atoms with Crippen LogP contribution in [0.15, 0.2) is 42.6 Å². The van der Waals surface area contributed by atoms with E-state index < -0.39 is 0 Å². The Kier molecular flexibility index (Phi) is 5.61. The number of benzene rings is 1. The number of nitrogens with zero attached hydrogens (tertiary/aromatic N) is 2. The zero-order valence-electron chi connectivity index (χ0n) is 14.7. The molecule has 2 amide bonds. The molecule has 0 aliphatic carbocycles. The molecule has 6 heteroatoms. The van der Waals surface area contributed by atoms with Crippen LogP contribution in [0.25, 0.3) is 0 Å². The summed E-state index contributed by atoms with van der Waals surface area (Å²) in [6.07, 6.45) is 3.61. The van der Waals surface area contributed by atoms with Crippen LogP contribution >= 0.6 is 0 Å². The van der Waals surface area contributed by atoms with Gasteiger partial charge in [-0.25, -0.2) is 4.39 Å². The highest BCUT2D eigenvalue weighted by atomic mass is 19.1. The number of aromatic nitrogens is 1. The fourth-order valence-electron chi connectivity index (χ4n) is 3.26. The summed E-state index contributed by atoms with van der Waals surface area (Å²) in [6.45, 7) is 2.74. The average Bonchev–Trinajstić information content (AvgIpc) is 2.61. The first-order valence-electron chi connectivity index (χ1n) is 8.77. The van der Waals surface area contributed by atoms with Gasteiger partial charge in [-0.2, -0.15) is 0 Å². The zero-order valence-corrected chi connectivity index (χ0v) is 14.7. The molecule has 1 aliphatic heterocycles. The van der Waals surface area contributed by atoms with Crippen molar-refractivity contribution in [1.29, 1.82) is 0 Å². The van der Waals surface area contributed by atoms with Gasteiger partial charge in [0.1, 0.15) is 5.82 Å². The van der Waals surface area contributed by atoms with Crippen LogP contribution in [0, 0.1) is 5.82 Å². The molecule has 2 aromatic rings. The van der Waals surface area contributed by atoms with E-state index in [1.54, 1.807) is 29.3 Å². The lowest BCUT2D eigenvalue weighted by Gasteiger charge is -2.32. The molecule has 1 saturated heterocycles. The summed E-state index contributed by atoms with van der Waals surface area (Å²) in [5.41, 5.74) is 2.14. The molecule has 0 saturated carbocycles. The third-order valence-electron chi connectivity index (χ3n) is 4.53. The van der Waals surface area contributed by atoms with Crippen molar-refractivity contribution < 1.29 is 14.0 Å². The maximum atomic E-state index is 13.3. The molecule has 1 aromatic carbocycles.